The summed E-state index contributed by atoms with van der Waals surface area (Å²) in [7, 11) is 0. The minimum absolute atomic E-state index is 0.615. The van der Waals surface area contributed by atoms with Gasteiger partial charge in [0.25, 0.3) is 0 Å². The molecule has 22 heavy (non-hydrogen) atoms. The van der Waals surface area contributed by atoms with Gasteiger partial charge in [-0.3, -0.25) is 4.79 Å². The van der Waals surface area contributed by atoms with Gasteiger partial charge in [0, 0.05) is 13.3 Å². The second-order valence-corrected chi connectivity index (χ2v) is 4.97. The van der Waals surface area contributed by atoms with E-state index in [0.29, 0.717) is 0 Å². The molecule has 0 aromatic heterocycles. The van der Waals surface area contributed by atoms with Crippen LogP contribution >= 0.6 is 0 Å². The van der Waals surface area contributed by atoms with Crippen molar-refractivity contribution < 1.29 is 50.0 Å². The van der Waals surface area contributed by atoms with Crippen molar-refractivity contribution in [1.82, 2.24) is 5.32 Å². The molecule has 128 valence electrons. The van der Waals surface area contributed by atoms with E-state index in [1.807, 2.05) is 0 Å². The molecule has 0 aromatic carbocycles. The van der Waals surface area contributed by atoms with Gasteiger partial charge in [-0.1, -0.05) is 0 Å². The molecular weight excluding hydrogens is 306 g/mol. The summed E-state index contributed by atoms with van der Waals surface area (Å²) < 4.78 is 4.99. The Labute approximate surface area is 124 Å². The Morgan fingerprint density at radius 3 is 2.45 bits per heavy atom. The van der Waals surface area contributed by atoms with Crippen LogP contribution in [-0.4, -0.2) is 85.5 Å². The van der Waals surface area contributed by atoms with Crippen LogP contribution in [0.4, 0.5) is 0 Å². The fourth-order valence-electron chi connectivity index (χ4n) is 2.22. The van der Waals surface area contributed by atoms with Crippen LogP contribution in [0.3, 0.4) is 0 Å². The van der Waals surface area contributed by atoms with Gasteiger partial charge in [-0.05, 0) is 0 Å². The lowest BCUT2D eigenvalue weighted by molar-refractivity contribution is -0.421. The normalized spacial score (nSPS) is 34.7. The van der Waals surface area contributed by atoms with Crippen LogP contribution in [0.25, 0.3) is 0 Å². The number of aliphatic hydroxyl groups excluding tert-OH is 4. The highest BCUT2D eigenvalue weighted by molar-refractivity contribution is 5.76. The highest BCUT2D eigenvalue weighted by Crippen LogP contribution is 2.32. The number of ether oxygens (including phenoxy) is 1. The van der Waals surface area contributed by atoms with Crippen molar-refractivity contribution in [3.8, 4) is 0 Å². The van der Waals surface area contributed by atoms with Crippen molar-refractivity contribution in [1.29, 1.82) is 0 Å². The number of aliphatic carboxylic acids is 1. The summed E-state index contributed by atoms with van der Waals surface area (Å²) in [6, 6.07) is -1.30. The lowest BCUT2D eigenvalue weighted by Crippen LogP contribution is -2.67. The molecule has 0 radical (unpaired) electrons. The van der Waals surface area contributed by atoms with Crippen molar-refractivity contribution >= 4 is 11.9 Å². The molecule has 1 saturated heterocycles. The van der Waals surface area contributed by atoms with E-state index in [9.17, 15) is 24.9 Å². The average molecular weight is 325 g/mol. The molecule has 1 rings (SSSR count). The summed E-state index contributed by atoms with van der Waals surface area (Å²) in [6.07, 6.45) is -7.60. The Kier molecular flexibility index (Phi) is 6.19. The number of nitrogens with one attached hydrogen (secondary N) is 1. The van der Waals surface area contributed by atoms with E-state index in [4.69, 9.17) is 20.2 Å². The molecule has 6 atom stereocenters. The molecule has 11 nitrogen and oxygen atoms in total. The van der Waals surface area contributed by atoms with Crippen molar-refractivity contribution in [3.63, 3.8) is 0 Å². The first-order valence-corrected chi connectivity index (χ1v) is 6.34. The summed E-state index contributed by atoms with van der Waals surface area (Å²) in [5.74, 6) is -5.09. The van der Waals surface area contributed by atoms with E-state index < -0.39 is 61.1 Å². The zero-order valence-corrected chi connectivity index (χ0v) is 11.6. The number of carboxylic acid groups (broad SMARTS) is 1. The van der Waals surface area contributed by atoms with Gasteiger partial charge in [0.15, 0.2) is 0 Å². The van der Waals surface area contributed by atoms with Crippen LogP contribution in [-0.2, 0) is 19.2 Å². The molecule has 11 heteroatoms. The van der Waals surface area contributed by atoms with E-state index in [2.05, 4.69) is 10.2 Å². The number of carboxylic acids is 1. The van der Waals surface area contributed by atoms with Crippen molar-refractivity contribution in [2.24, 2.45) is 0 Å². The molecule has 0 aliphatic carbocycles. The monoisotopic (exact) mass is 325 g/mol. The van der Waals surface area contributed by atoms with E-state index in [1.54, 1.807) is 0 Å². The van der Waals surface area contributed by atoms with Gasteiger partial charge in [0.2, 0.25) is 5.91 Å². The SMILES string of the molecule is CC(=O)N[C@H]1[C@H]([C@H](O)[C@H](O)CO)O[C@](OO)(C(=O)O)C[C@@H]1O. The Morgan fingerprint density at radius 1 is 1.45 bits per heavy atom. The van der Waals surface area contributed by atoms with E-state index >= 15 is 0 Å². The average Bonchev–Trinajstić information content (AvgIpc) is 2.46. The topological polar surface area (TPSA) is 186 Å². The molecule has 0 aromatic rings. The van der Waals surface area contributed by atoms with E-state index in [1.165, 1.54) is 0 Å². The quantitative estimate of drug-likeness (QED) is 0.192. The molecule has 1 heterocycles. The minimum atomic E-state index is -2.69. The first kappa shape index (κ1) is 18.7. The van der Waals surface area contributed by atoms with E-state index in [0.717, 1.165) is 6.92 Å². The smallest absolute Gasteiger partial charge is 0.367 e. The maximum atomic E-state index is 11.2. The Balaban J connectivity index is 3.14. The third-order valence-electron chi connectivity index (χ3n) is 3.33. The number of hydrogen-bond donors (Lipinski definition) is 7. The molecule has 1 fully saturated rings. The third kappa shape index (κ3) is 3.70. The number of rotatable bonds is 6. The minimum Gasteiger partial charge on any atom is -0.477 e. The van der Waals surface area contributed by atoms with Gasteiger partial charge < -0.3 is 35.6 Å². The number of carbonyl (C=O) groups is 2. The molecular formula is C11H19NO10. The van der Waals surface area contributed by atoms with Crippen molar-refractivity contribution in [2.75, 3.05) is 6.61 Å². The number of carbonyl (C=O) groups excluding carboxylic acids is 1. The van der Waals surface area contributed by atoms with Crippen LogP contribution in [0.2, 0.25) is 0 Å². The first-order valence-electron chi connectivity index (χ1n) is 6.34. The summed E-state index contributed by atoms with van der Waals surface area (Å²) in [6.45, 7) is 0.226. The molecule has 0 saturated carbocycles. The van der Waals surface area contributed by atoms with Crippen LogP contribution in [0, 0.1) is 0 Å². The predicted molar refractivity (Wildman–Crippen MR) is 66.3 cm³/mol. The molecule has 0 bridgehead atoms. The highest BCUT2D eigenvalue weighted by Gasteiger charge is 2.56. The van der Waals surface area contributed by atoms with Crippen LogP contribution in [0.15, 0.2) is 0 Å². The second-order valence-electron chi connectivity index (χ2n) is 4.97. The molecule has 1 amide bonds. The fourth-order valence-corrected chi connectivity index (χ4v) is 2.22. The van der Waals surface area contributed by atoms with Crippen LogP contribution in [0.5, 0.6) is 0 Å². The maximum Gasteiger partial charge on any atom is 0.367 e. The third-order valence-corrected chi connectivity index (χ3v) is 3.33. The Hall–Kier alpha value is -1.34. The molecule has 7 N–H and O–H groups in total. The Morgan fingerprint density at radius 2 is 2.05 bits per heavy atom. The van der Waals surface area contributed by atoms with E-state index in [-0.39, 0.29) is 0 Å². The number of hydrogen-bond acceptors (Lipinski definition) is 9. The summed E-state index contributed by atoms with van der Waals surface area (Å²) >= 11 is 0. The van der Waals surface area contributed by atoms with Crippen molar-refractivity contribution in [3.05, 3.63) is 0 Å². The van der Waals surface area contributed by atoms with Gasteiger partial charge in [0.05, 0.1) is 18.8 Å². The predicted octanol–water partition coefficient (Wildman–Crippen LogP) is -3.37. The largest absolute Gasteiger partial charge is 0.477 e. The van der Waals surface area contributed by atoms with Gasteiger partial charge in [0.1, 0.15) is 18.3 Å². The van der Waals surface area contributed by atoms with Gasteiger partial charge in [-0.25, -0.2) is 10.1 Å². The standard InChI is InChI=1S/C11H19NO10/c1-4(14)12-7-5(15)2-11(22-20,10(18)19)21-9(7)8(17)6(16)3-13/h5-9,13,15-17,20H,2-3H2,1H3,(H,12,14)(H,18,19)/t5-,6+,7+,8+,9+,11+/m0/s1. The number of amides is 1. The maximum absolute atomic E-state index is 11.2. The van der Waals surface area contributed by atoms with Gasteiger partial charge >= 0.3 is 11.8 Å². The molecule has 0 unspecified atom stereocenters. The Bertz CT molecular complexity index is 418. The summed E-state index contributed by atoms with van der Waals surface area (Å²) in [5.41, 5.74) is 0. The van der Waals surface area contributed by atoms with Crippen LogP contribution < -0.4 is 5.32 Å². The first-order chi connectivity index (χ1) is 10.2. The van der Waals surface area contributed by atoms with Crippen molar-refractivity contribution in [2.45, 2.75) is 49.6 Å². The van der Waals surface area contributed by atoms with Crippen LogP contribution in [0.1, 0.15) is 13.3 Å². The fraction of sp³-hybridized carbons (Fsp3) is 0.818. The van der Waals surface area contributed by atoms with Gasteiger partial charge in [-0.2, -0.15) is 4.89 Å². The second kappa shape index (κ2) is 7.28. The molecule has 1 aliphatic heterocycles. The highest BCUT2D eigenvalue weighted by atomic mass is 17.1. The van der Waals surface area contributed by atoms with Gasteiger partial charge in [-0.15, -0.1) is 0 Å². The lowest BCUT2D eigenvalue weighted by atomic mass is 9.88. The summed E-state index contributed by atoms with van der Waals surface area (Å²) in [5, 5.41) is 58.4. The lowest BCUT2D eigenvalue weighted by Gasteiger charge is -2.45. The molecule has 0 spiro atoms. The zero-order valence-electron chi connectivity index (χ0n) is 11.6. The molecule has 1 aliphatic rings. The number of aliphatic hydroxyl groups is 4. The summed E-state index contributed by atoms with van der Waals surface area (Å²) in [4.78, 5) is 26.2. The zero-order chi connectivity index (χ0) is 17.1.